The van der Waals surface area contributed by atoms with E-state index in [0.717, 1.165) is 11.6 Å². The molecule has 0 unspecified atom stereocenters. The number of imidazole rings is 1. The van der Waals surface area contributed by atoms with Crippen LogP contribution in [0.3, 0.4) is 0 Å². The van der Waals surface area contributed by atoms with E-state index in [1.807, 2.05) is 0 Å². The first-order chi connectivity index (χ1) is 8.90. The highest BCUT2D eigenvalue weighted by Crippen LogP contribution is 2.33. The lowest BCUT2D eigenvalue weighted by molar-refractivity contribution is 0.157. The largest absolute Gasteiger partial charge is 0.342 e. The predicted molar refractivity (Wildman–Crippen MR) is 72.7 cm³/mol. The number of aromatic nitrogens is 2. The lowest BCUT2D eigenvalue weighted by atomic mass is 9.92. The van der Waals surface area contributed by atoms with Crippen LogP contribution < -0.4 is 0 Å². The van der Waals surface area contributed by atoms with Crippen LogP contribution in [-0.2, 0) is 0 Å². The molecule has 2 heterocycles. The van der Waals surface area contributed by atoms with E-state index in [1.165, 1.54) is 50.1 Å². The zero-order valence-electron chi connectivity index (χ0n) is 10.6. The number of benzene rings is 1. The minimum atomic E-state index is 0.609. The van der Waals surface area contributed by atoms with Gasteiger partial charge in [-0.1, -0.05) is 18.6 Å². The van der Waals surface area contributed by atoms with Gasteiger partial charge in [-0.05, 0) is 37.9 Å². The molecule has 1 saturated heterocycles. The molecule has 0 bridgehead atoms. The van der Waals surface area contributed by atoms with Gasteiger partial charge in [0.1, 0.15) is 5.82 Å². The molecular weight excluding hydrogens is 222 g/mol. The van der Waals surface area contributed by atoms with Gasteiger partial charge in [-0.25, -0.2) is 4.98 Å². The fourth-order valence-corrected chi connectivity index (χ4v) is 3.26. The molecule has 2 fully saturated rings. The Labute approximate surface area is 107 Å². The van der Waals surface area contributed by atoms with Gasteiger partial charge in [0.2, 0.25) is 0 Å². The fourth-order valence-electron chi connectivity index (χ4n) is 3.26. The van der Waals surface area contributed by atoms with Crippen LogP contribution >= 0.6 is 0 Å². The second kappa shape index (κ2) is 4.09. The summed E-state index contributed by atoms with van der Waals surface area (Å²) in [6, 6.07) is 9.21. The Morgan fingerprint density at radius 1 is 1.17 bits per heavy atom. The minimum absolute atomic E-state index is 0.609. The molecule has 1 aromatic carbocycles. The Hall–Kier alpha value is -1.35. The second-order valence-electron chi connectivity index (χ2n) is 5.70. The molecule has 3 nitrogen and oxygen atoms in total. The summed E-state index contributed by atoms with van der Waals surface area (Å²) in [7, 11) is 0. The monoisotopic (exact) mass is 241 g/mol. The zero-order valence-corrected chi connectivity index (χ0v) is 10.6. The van der Waals surface area contributed by atoms with Crippen LogP contribution in [-0.4, -0.2) is 34.0 Å². The Morgan fingerprint density at radius 2 is 2.06 bits per heavy atom. The van der Waals surface area contributed by atoms with Gasteiger partial charge in [0.05, 0.1) is 11.0 Å². The molecule has 94 valence electrons. The summed E-state index contributed by atoms with van der Waals surface area (Å²) < 4.78 is 0. The van der Waals surface area contributed by atoms with Crippen LogP contribution in [0.25, 0.3) is 11.0 Å². The first-order valence-corrected chi connectivity index (χ1v) is 7.09. The molecule has 0 amide bonds. The Bertz CT molecular complexity index is 523. The highest BCUT2D eigenvalue weighted by Gasteiger charge is 2.33. The van der Waals surface area contributed by atoms with E-state index in [-0.39, 0.29) is 0 Å². The van der Waals surface area contributed by atoms with E-state index in [1.54, 1.807) is 0 Å². The van der Waals surface area contributed by atoms with E-state index >= 15 is 0 Å². The quantitative estimate of drug-likeness (QED) is 0.876. The van der Waals surface area contributed by atoms with Crippen molar-refractivity contribution in [2.45, 2.75) is 37.6 Å². The summed E-state index contributed by atoms with van der Waals surface area (Å²) in [5.74, 6) is 1.80. The maximum absolute atomic E-state index is 4.75. The number of aromatic amines is 1. The number of nitrogens with one attached hydrogen (secondary N) is 1. The van der Waals surface area contributed by atoms with Crippen LogP contribution in [0.4, 0.5) is 0 Å². The van der Waals surface area contributed by atoms with E-state index in [2.05, 4.69) is 34.1 Å². The van der Waals surface area contributed by atoms with Crippen molar-refractivity contribution in [3.8, 4) is 0 Å². The smallest absolute Gasteiger partial charge is 0.111 e. The number of rotatable bonds is 2. The molecule has 4 rings (SSSR count). The second-order valence-corrected chi connectivity index (χ2v) is 5.70. The van der Waals surface area contributed by atoms with E-state index in [4.69, 9.17) is 4.98 Å². The molecule has 0 spiro atoms. The van der Waals surface area contributed by atoms with Gasteiger partial charge >= 0.3 is 0 Å². The molecule has 1 atom stereocenters. The number of likely N-dealkylation sites (tertiary alicyclic amines) is 1. The lowest BCUT2D eigenvalue weighted by Crippen LogP contribution is -2.38. The molecule has 1 aromatic heterocycles. The normalized spacial score (nSPS) is 25.7. The molecule has 18 heavy (non-hydrogen) atoms. The Kier molecular flexibility index (Phi) is 2.40. The van der Waals surface area contributed by atoms with Gasteiger partial charge < -0.3 is 4.98 Å². The number of para-hydroxylation sites is 2. The summed E-state index contributed by atoms with van der Waals surface area (Å²) in [4.78, 5) is 10.9. The predicted octanol–water partition coefficient (Wildman–Crippen LogP) is 2.90. The number of hydrogen-bond donors (Lipinski definition) is 1. The third-order valence-electron chi connectivity index (χ3n) is 4.61. The average molecular weight is 241 g/mol. The summed E-state index contributed by atoms with van der Waals surface area (Å²) in [5, 5.41) is 0. The molecule has 2 aliphatic rings. The van der Waals surface area contributed by atoms with Gasteiger partial charge in [-0.15, -0.1) is 0 Å². The van der Waals surface area contributed by atoms with E-state index < -0.39 is 0 Å². The van der Waals surface area contributed by atoms with Gasteiger partial charge in [-0.3, -0.25) is 4.90 Å². The third-order valence-corrected chi connectivity index (χ3v) is 4.61. The Morgan fingerprint density at radius 3 is 2.83 bits per heavy atom. The van der Waals surface area contributed by atoms with Crippen LogP contribution in [0.5, 0.6) is 0 Å². The van der Waals surface area contributed by atoms with Crippen molar-refractivity contribution in [1.29, 1.82) is 0 Å². The molecule has 2 aromatic rings. The van der Waals surface area contributed by atoms with Crippen LogP contribution in [0.15, 0.2) is 24.3 Å². The maximum Gasteiger partial charge on any atom is 0.111 e. The van der Waals surface area contributed by atoms with Crippen molar-refractivity contribution >= 4 is 11.0 Å². The van der Waals surface area contributed by atoms with Crippen molar-refractivity contribution in [3.05, 3.63) is 30.1 Å². The minimum Gasteiger partial charge on any atom is -0.342 e. The first-order valence-electron chi connectivity index (χ1n) is 7.09. The van der Waals surface area contributed by atoms with E-state index in [0.29, 0.717) is 5.92 Å². The third kappa shape index (κ3) is 1.65. The van der Waals surface area contributed by atoms with Crippen molar-refractivity contribution in [2.24, 2.45) is 0 Å². The summed E-state index contributed by atoms with van der Waals surface area (Å²) in [6.45, 7) is 2.46. The van der Waals surface area contributed by atoms with Gasteiger partial charge in [0, 0.05) is 18.5 Å². The average Bonchev–Trinajstić information content (AvgIpc) is 2.91. The van der Waals surface area contributed by atoms with Gasteiger partial charge in [-0.2, -0.15) is 0 Å². The maximum atomic E-state index is 4.75. The molecular formula is C15H19N3. The molecule has 1 N–H and O–H groups in total. The van der Waals surface area contributed by atoms with Crippen LogP contribution in [0.1, 0.15) is 37.4 Å². The standard InChI is InChI=1S/C15H19N3/c1-2-7-14-13(6-1)16-15(17-14)11-8-9-18(10-11)12-4-3-5-12/h1-2,6-7,11-12H,3-5,8-10H2,(H,16,17)/t11-/m0/s1. The summed E-state index contributed by atoms with van der Waals surface area (Å²) in [6.07, 6.45) is 5.51. The van der Waals surface area contributed by atoms with Gasteiger partial charge in [0.25, 0.3) is 0 Å². The van der Waals surface area contributed by atoms with Crippen molar-refractivity contribution < 1.29 is 0 Å². The zero-order chi connectivity index (χ0) is 11.9. The van der Waals surface area contributed by atoms with Gasteiger partial charge in [0.15, 0.2) is 0 Å². The highest BCUT2D eigenvalue weighted by atomic mass is 15.2. The Balaban J connectivity index is 1.56. The molecule has 1 aliphatic carbocycles. The number of fused-ring (bicyclic) bond motifs is 1. The highest BCUT2D eigenvalue weighted by molar-refractivity contribution is 5.74. The van der Waals surface area contributed by atoms with Crippen molar-refractivity contribution in [3.63, 3.8) is 0 Å². The molecule has 1 saturated carbocycles. The van der Waals surface area contributed by atoms with Crippen molar-refractivity contribution in [1.82, 2.24) is 14.9 Å². The molecule has 1 aliphatic heterocycles. The lowest BCUT2D eigenvalue weighted by Gasteiger charge is -2.34. The van der Waals surface area contributed by atoms with Crippen LogP contribution in [0.2, 0.25) is 0 Å². The topological polar surface area (TPSA) is 31.9 Å². The fraction of sp³-hybridized carbons (Fsp3) is 0.533. The SMILES string of the molecule is c1ccc2[nH]c([C@H]3CCN(C4CCC4)C3)nc2c1. The van der Waals surface area contributed by atoms with E-state index in [9.17, 15) is 0 Å². The summed E-state index contributed by atoms with van der Waals surface area (Å²) >= 11 is 0. The molecule has 3 heteroatoms. The number of nitrogens with zero attached hydrogens (tertiary/aromatic N) is 2. The number of hydrogen-bond acceptors (Lipinski definition) is 2. The molecule has 0 radical (unpaired) electrons. The summed E-state index contributed by atoms with van der Waals surface area (Å²) in [5.41, 5.74) is 2.28. The number of H-pyrrole nitrogens is 1. The first kappa shape index (κ1) is 10.6. The van der Waals surface area contributed by atoms with Crippen molar-refractivity contribution in [2.75, 3.05) is 13.1 Å². The van der Waals surface area contributed by atoms with Crippen LogP contribution in [0, 0.1) is 0 Å².